The van der Waals surface area contributed by atoms with Crippen LogP contribution in [0, 0.1) is 25.2 Å². The second kappa shape index (κ2) is 10.4. The van der Waals surface area contributed by atoms with Crippen LogP contribution in [0.5, 0.6) is 0 Å². The lowest BCUT2D eigenvalue weighted by molar-refractivity contribution is -0.120. The largest absolute Gasteiger partial charge is 0.352 e. The van der Waals surface area contributed by atoms with Crippen molar-refractivity contribution in [2.45, 2.75) is 39.9 Å². The molecule has 0 spiro atoms. The molecular weight excluding hydrogens is 402 g/mol. The summed E-state index contributed by atoms with van der Waals surface area (Å²) >= 11 is 0. The summed E-state index contributed by atoms with van der Waals surface area (Å²) in [5, 5.41) is 11.8. The fourth-order valence-corrected chi connectivity index (χ4v) is 3.42. The van der Waals surface area contributed by atoms with E-state index in [0.29, 0.717) is 30.8 Å². The van der Waals surface area contributed by atoms with Gasteiger partial charge in [-0.2, -0.15) is 5.26 Å². The number of benzene rings is 2. The third-order valence-corrected chi connectivity index (χ3v) is 5.36. The number of rotatable bonds is 8. The minimum atomic E-state index is -0.257. The van der Waals surface area contributed by atoms with Crippen LogP contribution < -0.4 is 22.0 Å². The molecule has 0 saturated carbocycles. The minimum absolute atomic E-state index is 0.00612. The van der Waals surface area contributed by atoms with Gasteiger partial charge in [0.05, 0.1) is 24.6 Å². The lowest BCUT2D eigenvalue weighted by Gasteiger charge is -2.14. The van der Waals surface area contributed by atoms with Crippen LogP contribution in [-0.4, -0.2) is 10.6 Å². The Labute approximate surface area is 187 Å². The first-order valence-electron chi connectivity index (χ1n) is 10.4. The highest BCUT2D eigenvalue weighted by molar-refractivity contribution is 5.78. The van der Waals surface area contributed by atoms with E-state index in [2.05, 4.69) is 16.8 Å². The van der Waals surface area contributed by atoms with Gasteiger partial charge in [-0.25, -0.2) is 4.68 Å². The maximum Gasteiger partial charge on any atom is 0.272 e. The number of aryl methyl sites for hydroxylation is 2. The number of carbonyl (C=O) groups excluding carboxylic acids is 1. The molecule has 2 aromatic carbocycles. The molecule has 0 aliphatic heterocycles. The maximum absolute atomic E-state index is 12.9. The van der Waals surface area contributed by atoms with Crippen LogP contribution in [-0.2, 0) is 30.8 Å². The highest BCUT2D eigenvalue weighted by Gasteiger charge is 2.13. The Kier molecular flexibility index (Phi) is 7.42. The second-order valence-electron chi connectivity index (χ2n) is 7.73. The van der Waals surface area contributed by atoms with Gasteiger partial charge in [0.25, 0.3) is 5.56 Å². The Hall–Kier alpha value is -3.89. The van der Waals surface area contributed by atoms with Gasteiger partial charge < -0.3 is 16.5 Å². The topological polar surface area (TPSA) is 113 Å². The van der Waals surface area contributed by atoms with E-state index in [0.717, 1.165) is 27.8 Å². The number of amides is 1. The van der Waals surface area contributed by atoms with Gasteiger partial charge in [0.15, 0.2) is 0 Å². The van der Waals surface area contributed by atoms with Crippen LogP contribution in [0.25, 0.3) is 0 Å². The van der Waals surface area contributed by atoms with Crippen molar-refractivity contribution >= 4 is 5.91 Å². The maximum atomic E-state index is 12.9. The predicted molar refractivity (Wildman–Crippen MR) is 124 cm³/mol. The molecular formula is C25H27N5O2. The van der Waals surface area contributed by atoms with Crippen molar-refractivity contribution in [3.63, 3.8) is 0 Å². The van der Waals surface area contributed by atoms with E-state index in [-0.39, 0.29) is 17.9 Å². The molecule has 0 radical (unpaired) electrons. The van der Waals surface area contributed by atoms with E-state index < -0.39 is 0 Å². The first-order chi connectivity index (χ1) is 15.4. The first kappa shape index (κ1) is 22.8. The summed E-state index contributed by atoms with van der Waals surface area (Å²) in [7, 11) is 0. The first-order valence-corrected chi connectivity index (χ1v) is 10.4. The molecule has 32 heavy (non-hydrogen) atoms. The van der Waals surface area contributed by atoms with Crippen molar-refractivity contribution in [1.29, 1.82) is 5.26 Å². The number of nitrogens with one attached hydrogen (secondary N) is 2. The minimum Gasteiger partial charge on any atom is -0.352 e. The summed E-state index contributed by atoms with van der Waals surface area (Å²) in [5.41, 5.74) is 14.4. The summed E-state index contributed by atoms with van der Waals surface area (Å²) in [4.78, 5) is 25.5. The molecule has 164 valence electrons. The van der Waals surface area contributed by atoms with Crippen LogP contribution >= 0.6 is 0 Å². The summed E-state index contributed by atoms with van der Waals surface area (Å²) < 4.78 is 1.39. The molecule has 1 heterocycles. The van der Waals surface area contributed by atoms with Gasteiger partial charge in [0, 0.05) is 24.8 Å². The zero-order valence-electron chi connectivity index (χ0n) is 18.3. The Balaban J connectivity index is 1.67. The molecule has 0 atom stereocenters. The number of hydrogen-bond donors (Lipinski definition) is 3. The van der Waals surface area contributed by atoms with Crippen LogP contribution in [0.2, 0.25) is 0 Å². The number of nitriles is 1. The normalized spacial score (nSPS) is 10.4. The van der Waals surface area contributed by atoms with Crippen LogP contribution in [0.4, 0.5) is 0 Å². The van der Waals surface area contributed by atoms with Crippen molar-refractivity contribution in [2.24, 2.45) is 5.73 Å². The van der Waals surface area contributed by atoms with E-state index >= 15 is 0 Å². The van der Waals surface area contributed by atoms with Gasteiger partial charge in [-0.1, -0.05) is 35.9 Å². The van der Waals surface area contributed by atoms with Crippen LogP contribution in [0.3, 0.4) is 0 Å². The average Bonchev–Trinajstić information content (AvgIpc) is 2.80. The Morgan fingerprint density at radius 3 is 2.50 bits per heavy atom. The molecule has 0 unspecified atom stereocenters. The molecule has 3 rings (SSSR count). The van der Waals surface area contributed by atoms with Crippen molar-refractivity contribution in [3.8, 4) is 6.07 Å². The monoisotopic (exact) mass is 429 g/mol. The van der Waals surface area contributed by atoms with E-state index in [1.807, 2.05) is 50.2 Å². The third-order valence-electron chi connectivity index (χ3n) is 5.36. The standard InChI is InChI=1S/C25H27N5O2/c1-17-3-8-21(14-27)22(11-17)16-28-24(31)12-23-18(2)9-10-30(25(23)32)29-15-20-6-4-19(13-26)5-7-20/h3-11,29H,12,14-16,27H2,1-2H3,(H,28,31). The highest BCUT2D eigenvalue weighted by atomic mass is 16.2. The highest BCUT2D eigenvalue weighted by Crippen LogP contribution is 2.11. The lowest BCUT2D eigenvalue weighted by atomic mass is 10.0. The summed E-state index contributed by atoms with van der Waals surface area (Å²) in [6, 6.07) is 17.0. The van der Waals surface area contributed by atoms with Gasteiger partial charge in [0.2, 0.25) is 5.91 Å². The van der Waals surface area contributed by atoms with Crippen molar-refractivity contribution in [1.82, 2.24) is 9.99 Å². The third kappa shape index (κ3) is 5.62. The molecule has 0 bridgehead atoms. The van der Waals surface area contributed by atoms with Gasteiger partial charge in [-0.05, 0) is 54.3 Å². The zero-order chi connectivity index (χ0) is 23.1. The van der Waals surface area contributed by atoms with E-state index in [4.69, 9.17) is 11.0 Å². The molecule has 7 nitrogen and oxygen atoms in total. The van der Waals surface area contributed by atoms with Gasteiger partial charge >= 0.3 is 0 Å². The molecule has 0 fully saturated rings. The Morgan fingerprint density at radius 2 is 1.81 bits per heavy atom. The molecule has 0 saturated heterocycles. The Morgan fingerprint density at radius 1 is 1.06 bits per heavy atom. The van der Waals surface area contributed by atoms with Crippen molar-refractivity contribution in [3.05, 3.63) is 104 Å². The van der Waals surface area contributed by atoms with Crippen molar-refractivity contribution in [2.75, 3.05) is 5.43 Å². The molecule has 4 N–H and O–H groups in total. The average molecular weight is 430 g/mol. The number of nitrogens with zero attached hydrogens (tertiary/aromatic N) is 2. The number of carbonyl (C=O) groups is 1. The molecule has 7 heteroatoms. The fraction of sp³-hybridized carbons (Fsp3) is 0.240. The number of nitrogens with two attached hydrogens (primary N) is 1. The fourth-order valence-electron chi connectivity index (χ4n) is 3.42. The van der Waals surface area contributed by atoms with E-state index in [1.165, 1.54) is 4.68 Å². The molecule has 0 aliphatic rings. The van der Waals surface area contributed by atoms with Gasteiger partial charge in [-0.3, -0.25) is 9.59 Å². The molecule has 1 aromatic heterocycles. The lowest BCUT2D eigenvalue weighted by Crippen LogP contribution is -2.34. The summed E-state index contributed by atoms with van der Waals surface area (Å²) in [6.07, 6.45) is 1.65. The molecule has 1 amide bonds. The zero-order valence-corrected chi connectivity index (χ0v) is 18.3. The SMILES string of the molecule is Cc1ccc(CN)c(CNC(=O)Cc2c(C)ccn(NCc3ccc(C#N)cc3)c2=O)c1. The predicted octanol–water partition coefficient (Wildman–Crippen LogP) is 2.40. The number of pyridine rings is 1. The van der Waals surface area contributed by atoms with Gasteiger partial charge in [-0.15, -0.1) is 0 Å². The van der Waals surface area contributed by atoms with Crippen LogP contribution in [0.1, 0.15) is 38.9 Å². The Bertz CT molecular complexity index is 1210. The quantitative estimate of drug-likeness (QED) is 0.509. The van der Waals surface area contributed by atoms with E-state index in [1.54, 1.807) is 18.3 Å². The smallest absolute Gasteiger partial charge is 0.272 e. The van der Waals surface area contributed by atoms with Crippen LogP contribution in [0.15, 0.2) is 59.5 Å². The van der Waals surface area contributed by atoms with Crippen molar-refractivity contribution < 1.29 is 4.79 Å². The molecule has 3 aromatic rings. The molecule has 0 aliphatic carbocycles. The van der Waals surface area contributed by atoms with E-state index in [9.17, 15) is 9.59 Å². The summed E-state index contributed by atoms with van der Waals surface area (Å²) in [5.74, 6) is -0.223. The van der Waals surface area contributed by atoms with Gasteiger partial charge in [0.1, 0.15) is 0 Å². The summed E-state index contributed by atoms with van der Waals surface area (Å²) in [6.45, 7) is 4.99. The number of hydrogen-bond acceptors (Lipinski definition) is 5. The number of aromatic nitrogens is 1. The second-order valence-corrected chi connectivity index (χ2v) is 7.73.